The molecule has 23 heavy (non-hydrogen) atoms. The van der Waals surface area contributed by atoms with E-state index in [0.717, 1.165) is 16.8 Å². The van der Waals surface area contributed by atoms with E-state index in [-0.39, 0.29) is 6.03 Å². The van der Waals surface area contributed by atoms with Crippen molar-refractivity contribution in [3.05, 3.63) is 83.9 Å². The Bertz CT molecular complexity index is 801. The van der Waals surface area contributed by atoms with Gasteiger partial charge in [0.1, 0.15) is 0 Å². The number of urea groups is 1. The monoisotopic (exact) mass is 322 g/mol. The summed E-state index contributed by atoms with van der Waals surface area (Å²) in [7, 11) is 0. The molecule has 0 radical (unpaired) electrons. The number of carbonyl (C=O) groups excluding carboxylic acids is 1. The summed E-state index contributed by atoms with van der Waals surface area (Å²) in [6.45, 7) is 0. The van der Waals surface area contributed by atoms with Gasteiger partial charge in [0, 0.05) is 16.3 Å². The van der Waals surface area contributed by atoms with E-state index in [4.69, 9.17) is 11.6 Å². The fraction of sp³-hybridized carbons (Fsp3) is 0. The SMILES string of the molecule is O=C(Nc1ccc(Cl)cc1)Nc1ccccc1-c1ccccc1. The van der Waals surface area contributed by atoms with Gasteiger partial charge < -0.3 is 10.6 Å². The van der Waals surface area contributed by atoms with Gasteiger partial charge in [-0.25, -0.2) is 4.79 Å². The Hall–Kier alpha value is -2.78. The van der Waals surface area contributed by atoms with Gasteiger partial charge in [0.2, 0.25) is 0 Å². The van der Waals surface area contributed by atoms with Crippen molar-refractivity contribution < 1.29 is 4.79 Å². The molecule has 0 spiro atoms. The summed E-state index contributed by atoms with van der Waals surface area (Å²) in [6, 6.07) is 24.3. The largest absolute Gasteiger partial charge is 0.323 e. The molecule has 114 valence electrons. The zero-order valence-corrected chi connectivity index (χ0v) is 13.0. The Labute approximate surface area is 139 Å². The minimum Gasteiger partial charge on any atom is -0.308 e. The van der Waals surface area contributed by atoms with Gasteiger partial charge in [0.25, 0.3) is 0 Å². The first-order valence-corrected chi connectivity index (χ1v) is 7.58. The van der Waals surface area contributed by atoms with E-state index in [2.05, 4.69) is 10.6 Å². The Morgan fingerprint density at radius 2 is 1.39 bits per heavy atom. The van der Waals surface area contributed by atoms with Crippen molar-refractivity contribution in [3.8, 4) is 11.1 Å². The Balaban J connectivity index is 1.78. The number of halogens is 1. The zero-order chi connectivity index (χ0) is 16.1. The molecule has 0 saturated carbocycles. The minimum atomic E-state index is -0.296. The van der Waals surface area contributed by atoms with Crippen LogP contribution in [0.5, 0.6) is 0 Å². The number of hydrogen-bond acceptors (Lipinski definition) is 1. The predicted molar refractivity (Wildman–Crippen MR) is 96.0 cm³/mol. The lowest BCUT2D eigenvalue weighted by Crippen LogP contribution is -2.19. The fourth-order valence-corrected chi connectivity index (χ4v) is 2.41. The Morgan fingerprint density at radius 3 is 2.13 bits per heavy atom. The first-order chi connectivity index (χ1) is 11.2. The highest BCUT2D eigenvalue weighted by molar-refractivity contribution is 6.30. The maximum Gasteiger partial charge on any atom is 0.323 e. The number of amides is 2. The van der Waals surface area contributed by atoms with Gasteiger partial charge in [0.15, 0.2) is 0 Å². The summed E-state index contributed by atoms with van der Waals surface area (Å²) in [5, 5.41) is 6.31. The van der Waals surface area contributed by atoms with E-state index in [0.29, 0.717) is 10.7 Å². The molecule has 0 aliphatic carbocycles. The second-order valence-electron chi connectivity index (χ2n) is 5.00. The first-order valence-electron chi connectivity index (χ1n) is 7.20. The number of para-hydroxylation sites is 1. The van der Waals surface area contributed by atoms with Crippen LogP contribution in [0.25, 0.3) is 11.1 Å². The lowest BCUT2D eigenvalue weighted by molar-refractivity contribution is 0.262. The van der Waals surface area contributed by atoms with Crippen LogP contribution in [0, 0.1) is 0 Å². The van der Waals surface area contributed by atoms with Gasteiger partial charge in [-0.3, -0.25) is 0 Å². The number of carbonyl (C=O) groups is 1. The summed E-state index contributed by atoms with van der Waals surface area (Å²) in [5.41, 5.74) is 3.46. The molecule has 3 aromatic rings. The van der Waals surface area contributed by atoms with Crippen molar-refractivity contribution in [3.63, 3.8) is 0 Å². The molecule has 0 fully saturated rings. The molecule has 0 heterocycles. The standard InChI is InChI=1S/C19H15ClN2O/c20-15-10-12-16(13-11-15)21-19(23)22-18-9-5-4-8-17(18)14-6-2-1-3-7-14/h1-13H,(H2,21,22,23). The third-order valence-electron chi connectivity index (χ3n) is 3.36. The number of benzene rings is 3. The fourth-order valence-electron chi connectivity index (χ4n) is 2.28. The second kappa shape index (κ2) is 6.99. The zero-order valence-electron chi connectivity index (χ0n) is 12.3. The first kappa shape index (κ1) is 15.1. The molecule has 3 nitrogen and oxygen atoms in total. The minimum absolute atomic E-state index is 0.296. The van der Waals surface area contributed by atoms with Crippen LogP contribution in [-0.2, 0) is 0 Å². The van der Waals surface area contributed by atoms with Crippen molar-refractivity contribution in [2.24, 2.45) is 0 Å². The van der Waals surface area contributed by atoms with Crippen LogP contribution in [-0.4, -0.2) is 6.03 Å². The summed E-state index contributed by atoms with van der Waals surface area (Å²) < 4.78 is 0. The van der Waals surface area contributed by atoms with Crippen LogP contribution in [0.4, 0.5) is 16.2 Å². The molecule has 0 unspecified atom stereocenters. The topological polar surface area (TPSA) is 41.1 Å². The average molecular weight is 323 g/mol. The highest BCUT2D eigenvalue weighted by atomic mass is 35.5. The molecule has 0 bridgehead atoms. The van der Waals surface area contributed by atoms with Gasteiger partial charge in [-0.05, 0) is 35.9 Å². The van der Waals surface area contributed by atoms with E-state index in [1.807, 2.05) is 54.6 Å². The summed E-state index contributed by atoms with van der Waals surface area (Å²) in [5.74, 6) is 0. The van der Waals surface area contributed by atoms with Crippen molar-refractivity contribution in [1.82, 2.24) is 0 Å². The van der Waals surface area contributed by atoms with E-state index < -0.39 is 0 Å². The summed E-state index contributed by atoms with van der Waals surface area (Å²) in [6.07, 6.45) is 0. The molecule has 3 rings (SSSR count). The Morgan fingerprint density at radius 1 is 0.739 bits per heavy atom. The van der Waals surface area contributed by atoms with Crippen LogP contribution in [0.15, 0.2) is 78.9 Å². The molecule has 0 aromatic heterocycles. The quantitative estimate of drug-likeness (QED) is 0.642. The van der Waals surface area contributed by atoms with Crippen molar-refractivity contribution >= 4 is 29.0 Å². The number of anilines is 2. The van der Waals surface area contributed by atoms with Crippen LogP contribution in [0.2, 0.25) is 5.02 Å². The molecule has 0 aliphatic heterocycles. The molecule has 2 N–H and O–H groups in total. The third kappa shape index (κ3) is 3.90. The molecule has 2 amide bonds. The molecular weight excluding hydrogens is 308 g/mol. The van der Waals surface area contributed by atoms with Gasteiger partial charge >= 0.3 is 6.03 Å². The highest BCUT2D eigenvalue weighted by Crippen LogP contribution is 2.27. The second-order valence-corrected chi connectivity index (χ2v) is 5.43. The van der Waals surface area contributed by atoms with Gasteiger partial charge in [-0.1, -0.05) is 60.1 Å². The summed E-state index contributed by atoms with van der Waals surface area (Å²) in [4.78, 5) is 12.2. The van der Waals surface area contributed by atoms with Crippen molar-refractivity contribution in [2.75, 3.05) is 10.6 Å². The van der Waals surface area contributed by atoms with Gasteiger partial charge in [-0.2, -0.15) is 0 Å². The van der Waals surface area contributed by atoms with Gasteiger partial charge in [0.05, 0.1) is 5.69 Å². The molecule has 0 saturated heterocycles. The van der Waals surface area contributed by atoms with Crippen LogP contribution in [0.3, 0.4) is 0 Å². The Kier molecular flexibility index (Phi) is 4.60. The molecule has 0 atom stereocenters. The smallest absolute Gasteiger partial charge is 0.308 e. The third-order valence-corrected chi connectivity index (χ3v) is 3.61. The lowest BCUT2D eigenvalue weighted by Gasteiger charge is -2.12. The van der Waals surface area contributed by atoms with E-state index >= 15 is 0 Å². The maximum atomic E-state index is 12.2. The average Bonchev–Trinajstić information content (AvgIpc) is 2.58. The predicted octanol–water partition coefficient (Wildman–Crippen LogP) is 5.65. The normalized spacial score (nSPS) is 10.1. The molecule has 4 heteroatoms. The molecule has 0 aliphatic rings. The van der Waals surface area contributed by atoms with E-state index in [1.54, 1.807) is 24.3 Å². The number of rotatable bonds is 3. The number of nitrogens with one attached hydrogen (secondary N) is 2. The number of hydrogen-bond donors (Lipinski definition) is 2. The van der Waals surface area contributed by atoms with E-state index in [1.165, 1.54) is 0 Å². The van der Waals surface area contributed by atoms with Crippen LogP contribution >= 0.6 is 11.6 Å². The van der Waals surface area contributed by atoms with E-state index in [9.17, 15) is 4.79 Å². The maximum absolute atomic E-state index is 12.2. The summed E-state index contributed by atoms with van der Waals surface area (Å²) >= 11 is 5.84. The molecule has 3 aromatic carbocycles. The van der Waals surface area contributed by atoms with Gasteiger partial charge in [-0.15, -0.1) is 0 Å². The van der Waals surface area contributed by atoms with Crippen molar-refractivity contribution in [2.45, 2.75) is 0 Å². The van der Waals surface area contributed by atoms with Crippen LogP contribution < -0.4 is 10.6 Å². The van der Waals surface area contributed by atoms with Crippen molar-refractivity contribution in [1.29, 1.82) is 0 Å². The van der Waals surface area contributed by atoms with Crippen LogP contribution in [0.1, 0.15) is 0 Å². The lowest BCUT2D eigenvalue weighted by atomic mass is 10.0. The molecular formula is C19H15ClN2O. The highest BCUT2D eigenvalue weighted by Gasteiger charge is 2.08.